The molecular formula is C26H26N4OS. The van der Waals surface area contributed by atoms with E-state index >= 15 is 0 Å². The quantitative estimate of drug-likeness (QED) is 0.361. The lowest BCUT2D eigenvalue weighted by Gasteiger charge is -2.22. The minimum atomic E-state index is -0.0480. The molecule has 1 aliphatic carbocycles. The zero-order valence-electron chi connectivity index (χ0n) is 17.9. The summed E-state index contributed by atoms with van der Waals surface area (Å²) in [7, 11) is 0. The smallest absolute Gasteiger partial charge is 0.234 e. The lowest BCUT2D eigenvalue weighted by atomic mass is 9.88. The first-order chi connectivity index (χ1) is 15.8. The average Bonchev–Trinajstić information content (AvgIpc) is 3.28. The third-order valence-corrected chi connectivity index (χ3v) is 6.97. The number of rotatable bonds is 6. The Labute approximate surface area is 192 Å². The van der Waals surface area contributed by atoms with Crippen LogP contribution in [-0.2, 0) is 4.79 Å². The van der Waals surface area contributed by atoms with Crippen LogP contribution in [0.2, 0.25) is 0 Å². The molecule has 1 aromatic heterocycles. The number of thioether (sulfide) groups is 1. The molecule has 1 amide bonds. The van der Waals surface area contributed by atoms with Crippen molar-refractivity contribution in [2.75, 3.05) is 11.1 Å². The van der Waals surface area contributed by atoms with Crippen molar-refractivity contribution in [1.29, 1.82) is 0 Å². The minimum absolute atomic E-state index is 0.0480. The SMILES string of the molecule is O=C(CSc1nnc(C2CCCCC2)n1-c1ccccc1)Nc1cccc2ccccc12. The lowest BCUT2D eigenvalue weighted by Crippen LogP contribution is -2.15. The topological polar surface area (TPSA) is 59.8 Å². The number of aromatic nitrogens is 3. The van der Waals surface area contributed by atoms with E-state index < -0.39 is 0 Å². The molecule has 1 aliphatic rings. The van der Waals surface area contributed by atoms with Crippen LogP contribution in [0.4, 0.5) is 5.69 Å². The van der Waals surface area contributed by atoms with Gasteiger partial charge in [-0.3, -0.25) is 9.36 Å². The first kappa shape index (κ1) is 20.8. The van der Waals surface area contributed by atoms with Gasteiger partial charge in [-0.1, -0.05) is 85.6 Å². The third-order valence-electron chi connectivity index (χ3n) is 6.04. The molecule has 4 aromatic rings. The molecule has 6 heteroatoms. The second-order valence-corrected chi connectivity index (χ2v) is 9.15. The van der Waals surface area contributed by atoms with E-state index in [1.807, 2.05) is 48.5 Å². The Bertz CT molecular complexity index is 1210. The highest BCUT2D eigenvalue weighted by Gasteiger charge is 2.24. The van der Waals surface area contributed by atoms with Gasteiger partial charge in [-0.2, -0.15) is 0 Å². The maximum Gasteiger partial charge on any atom is 0.234 e. The molecule has 0 unspecified atom stereocenters. The summed E-state index contributed by atoms with van der Waals surface area (Å²) in [4.78, 5) is 12.8. The molecular weight excluding hydrogens is 416 g/mol. The first-order valence-corrected chi connectivity index (χ1v) is 12.2. The molecule has 0 spiro atoms. The summed E-state index contributed by atoms with van der Waals surface area (Å²) in [6.45, 7) is 0. The van der Waals surface area contributed by atoms with Crippen molar-refractivity contribution in [1.82, 2.24) is 14.8 Å². The first-order valence-electron chi connectivity index (χ1n) is 11.2. The number of nitrogens with zero attached hydrogens (tertiary/aromatic N) is 3. The Balaban J connectivity index is 1.36. The van der Waals surface area contributed by atoms with Crippen LogP contribution >= 0.6 is 11.8 Å². The number of carbonyl (C=O) groups excluding carboxylic acids is 1. The highest BCUT2D eigenvalue weighted by Crippen LogP contribution is 2.35. The van der Waals surface area contributed by atoms with Crippen molar-refractivity contribution < 1.29 is 4.79 Å². The largest absolute Gasteiger partial charge is 0.325 e. The van der Waals surface area contributed by atoms with E-state index in [0.717, 1.165) is 46.0 Å². The highest BCUT2D eigenvalue weighted by molar-refractivity contribution is 7.99. The molecule has 32 heavy (non-hydrogen) atoms. The van der Waals surface area contributed by atoms with Gasteiger partial charge < -0.3 is 5.32 Å². The number of amides is 1. The molecule has 1 saturated carbocycles. The maximum atomic E-state index is 12.8. The number of para-hydroxylation sites is 1. The van der Waals surface area contributed by atoms with Gasteiger partial charge in [-0.05, 0) is 36.4 Å². The molecule has 0 aliphatic heterocycles. The molecule has 5 nitrogen and oxygen atoms in total. The molecule has 162 valence electrons. The Morgan fingerprint density at radius 1 is 0.906 bits per heavy atom. The van der Waals surface area contributed by atoms with E-state index in [2.05, 4.69) is 44.3 Å². The maximum absolute atomic E-state index is 12.8. The number of hydrogen-bond acceptors (Lipinski definition) is 4. The van der Waals surface area contributed by atoms with Gasteiger partial charge in [0.15, 0.2) is 5.16 Å². The summed E-state index contributed by atoms with van der Waals surface area (Å²) >= 11 is 1.44. The van der Waals surface area contributed by atoms with Gasteiger partial charge in [-0.25, -0.2) is 0 Å². The van der Waals surface area contributed by atoms with Crippen molar-refractivity contribution in [2.24, 2.45) is 0 Å². The highest BCUT2D eigenvalue weighted by atomic mass is 32.2. The van der Waals surface area contributed by atoms with Gasteiger partial charge in [0.05, 0.1) is 5.75 Å². The summed E-state index contributed by atoms with van der Waals surface area (Å²) in [6, 6.07) is 24.3. The summed E-state index contributed by atoms with van der Waals surface area (Å²) in [5, 5.41) is 15.1. The van der Waals surface area contributed by atoms with E-state index in [1.54, 1.807) is 0 Å². The standard InChI is InChI=1S/C26H26N4OS/c31-24(27-23-17-9-13-19-10-7-8-16-22(19)23)18-32-26-29-28-25(20-11-3-1-4-12-20)30(26)21-14-5-2-6-15-21/h2,5-10,13-17,20H,1,3-4,11-12,18H2,(H,27,31). The van der Waals surface area contributed by atoms with Crippen LogP contribution in [0, 0.1) is 0 Å². The van der Waals surface area contributed by atoms with Crippen molar-refractivity contribution in [3.63, 3.8) is 0 Å². The van der Waals surface area contributed by atoms with Crippen LogP contribution in [0.1, 0.15) is 43.8 Å². The lowest BCUT2D eigenvalue weighted by molar-refractivity contribution is -0.113. The predicted octanol–water partition coefficient (Wildman–Crippen LogP) is 6.20. The molecule has 1 N–H and O–H groups in total. The Morgan fingerprint density at radius 2 is 1.66 bits per heavy atom. The van der Waals surface area contributed by atoms with Gasteiger partial charge >= 0.3 is 0 Å². The van der Waals surface area contributed by atoms with Crippen LogP contribution in [0.15, 0.2) is 78.0 Å². The fourth-order valence-corrected chi connectivity index (χ4v) is 5.23. The number of carbonyl (C=O) groups is 1. The van der Waals surface area contributed by atoms with E-state index in [0.29, 0.717) is 5.92 Å². The summed E-state index contributed by atoms with van der Waals surface area (Å²) < 4.78 is 2.14. The van der Waals surface area contributed by atoms with Gasteiger partial charge in [0, 0.05) is 22.7 Å². The van der Waals surface area contributed by atoms with Crippen molar-refractivity contribution in [2.45, 2.75) is 43.2 Å². The zero-order valence-corrected chi connectivity index (χ0v) is 18.7. The molecule has 0 radical (unpaired) electrons. The number of anilines is 1. The Kier molecular flexibility index (Phi) is 6.21. The van der Waals surface area contributed by atoms with Crippen molar-refractivity contribution >= 4 is 34.1 Å². The Hall–Kier alpha value is -3.12. The van der Waals surface area contributed by atoms with Gasteiger partial charge in [0.1, 0.15) is 5.82 Å². The number of benzene rings is 3. The fraction of sp³-hybridized carbons (Fsp3) is 0.269. The van der Waals surface area contributed by atoms with Crippen LogP contribution in [0.5, 0.6) is 0 Å². The van der Waals surface area contributed by atoms with Crippen LogP contribution in [0.3, 0.4) is 0 Å². The third kappa shape index (κ3) is 4.41. The molecule has 0 bridgehead atoms. The molecule has 0 atom stereocenters. The Morgan fingerprint density at radius 3 is 2.50 bits per heavy atom. The summed E-state index contributed by atoms with van der Waals surface area (Å²) in [6.07, 6.45) is 6.07. The van der Waals surface area contributed by atoms with Crippen LogP contribution < -0.4 is 5.32 Å². The number of fused-ring (bicyclic) bond motifs is 1. The van der Waals surface area contributed by atoms with E-state index in [-0.39, 0.29) is 11.7 Å². The van der Waals surface area contributed by atoms with Gasteiger partial charge in [0.2, 0.25) is 5.91 Å². The molecule has 1 fully saturated rings. The van der Waals surface area contributed by atoms with Crippen molar-refractivity contribution in [3.05, 3.63) is 78.6 Å². The minimum Gasteiger partial charge on any atom is -0.325 e. The summed E-state index contributed by atoms with van der Waals surface area (Å²) in [5.41, 5.74) is 1.89. The molecule has 5 rings (SSSR count). The zero-order chi connectivity index (χ0) is 21.8. The monoisotopic (exact) mass is 442 g/mol. The second-order valence-electron chi connectivity index (χ2n) is 8.21. The van der Waals surface area contributed by atoms with Crippen molar-refractivity contribution in [3.8, 4) is 5.69 Å². The van der Waals surface area contributed by atoms with Gasteiger partial charge in [0.25, 0.3) is 0 Å². The van der Waals surface area contributed by atoms with E-state index in [1.165, 1.54) is 31.0 Å². The predicted molar refractivity (Wildman–Crippen MR) is 130 cm³/mol. The van der Waals surface area contributed by atoms with Crippen LogP contribution in [-0.4, -0.2) is 26.4 Å². The molecule has 0 saturated heterocycles. The summed E-state index contributed by atoms with van der Waals surface area (Å²) in [5.74, 6) is 1.68. The molecule has 1 heterocycles. The van der Waals surface area contributed by atoms with Gasteiger partial charge in [-0.15, -0.1) is 10.2 Å². The normalized spacial score (nSPS) is 14.5. The second kappa shape index (κ2) is 9.57. The molecule has 3 aromatic carbocycles. The fourth-order valence-electron chi connectivity index (χ4n) is 4.47. The van der Waals surface area contributed by atoms with E-state index in [9.17, 15) is 4.79 Å². The number of hydrogen-bond donors (Lipinski definition) is 1. The number of nitrogens with one attached hydrogen (secondary N) is 1. The average molecular weight is 443 g/mol. The van der Waals surface area contributed by atoms with E-state index in [4.69, 9.17) is 0 Å². The van der Waals surface area contributed by atoms with Crippen LogP contribution in [0.25, 0.3) is 16.5 Å².